The summed E-state index contributed by atoms with van der Waals surface area (Å²) >= 11 is 0. The molecule has 2 rings (SSSR count). The summed E-state index contributed by atoms with van der Waals surface area (Å²) in [6, 6.07) is 9.77. The van der Waals surface area contributed by atoms with Crippen LogP contribution in [-0.2, 0) is 0 Å². The summed E-state index contributed by atoms with van der Waals surface area (Å²) in [4.78, 5) is 0. The van der Waals surface area contributed by atoms with Crippen molar-refractivity contribution >= 4 is 10.8 Å². The summed E-state index contributed by atoms with van der Waals surface area (Å²) in [6.45, 7) is 0. The number of rotatable bonds is 1. The summed E-state index contributed by atoms with van der Waals surface area (Å²) in [5.74, 6) is 2.47. The van der Waals surface area contributed by atoms with Gasteiger partial charge in [0.1, 0.15) is 0 Å². The van der Waals surface area contributed by atoms with Crippen molar-refractivity contribution in [1.29, 1.82) is 0 Å². The SMILES string of the molecule is C#Cc1ccc2c([C](F)F)cccc2c1. The Morgan fingerprint density at radius 1 is 1.13 bits per heavy atom. The van der Waals surface area contributed by atoms with Gasteiger partial charge in [-0.2, -0.15) is 8.78 Å². The van der Waals surface area contributed by atoms with E-state index in [9.17, 15) is 8.78 Å². The summed E-state index contributed by atoms with van der Waals surface area (Å²) in [5, 5.41) is 1.26. The van der Waals surface area contributed by atoms with Gasteiger partial charge in [0.25, 0.3) is 0 Å². The second kappa shape index (κ2) is 3.70. The third kappa shape index (κ3) is 1.69. The van der Waals surface area contributed by atoms with Gasteiger partial charge in [0, 0.05) is 11.1 Å². The van der Waals surface area contributed by atoms with E-state index in [1.807, 2.05) is 0 Å². The first-order valence-corrected chi connectivity index (χ1v) is 4.40. The minimum absolute atomic E-state index is 0.0314. The zero-order valence-electron chi connectivity index (χ0n) is 7.80. The van der Waals surface area contributed by atoms with Crippen LogP contribution in [0.25, 0.3) is 10.8 Å². The molecule has 0 amide bonds. The van der Waals surface area contributed by atoms with E-state index in [2.05, 4.69) is 5.92 Å². The van der Waals surface area contributed by atoms with Crippen LogP contribution in [0.1, 0.15) is 11.1 Å². The molecule has 0 fully saturated rings. The minimum Gasteiger partial charge on any atom is -0.194 e. The highest BCUT2D eigenvalue weighted by Crippen LogP contribution is 2.27. The predicted octanol–water partition coefficient (Wildman–Crippen LogP) is 3.60. The van der Waals surface area contributed by atoms with Gasteiger partial charge >= 0.3 is 6.43 Å². The number of benzene rings is 2. The Morgan fingerprint density at radius 3 is 2.60 bits per heavy atom. The summed E-state index contributed by atoms with van der Waals surface area (Å²) in [7, 11) is 0. The Balaban J connectivity index is 2.73. The van der Waals surface area contributed by atoms with E-state index in [-0.39, 0.29) is 5.56 Å². The highest BCUT2D eigenvalue weighted by Gasteiger charge is 2.12. The molecule has 0 saturated heterocycles. The summed E-state index contributed by atoms with van der Waals surface area (Å²) in [5.41, 5.74) is 0.662. The molecule has 0 aliphatic heterocycles. The molecule has 0 unspecified atom stereocenters. The largest absolute Gasteiger partial charge is 0.340 e. The number of fused-ring (bicyclic) bond motifs is 1. The van der Waals surface area contributed by atoms with Gasteiger partial charge in [0.15, 0.2) is 0 Å². The van der Waals surface area contributed by atoms with Crippen molar-refractivity contribution < 1.29 is 8.78 Å². The van der Waals surface area contributed by atoms with Crippen LogP contribution in [-0.4, -0.2) is 0 Å². The zero-order chi connectivity index (χ0) is 10.8. The monoisotopic (exact) mass is 201 g/mol. The quantitative estimate of drug-likeness (QED) is 0.618. The van der Waals surface area contributed by atoms with E-state index in [1.54, 1.807) is 30.3 Å². The third-order valence-corrected chi connectivity index (χ3v) is 2.25. The zero-order valence-corrected chi connectivity index (χ0v) is 7.80. The van der Waals surface area contributed by atoms with Gasteiger partial charge in [-0.05, 0) is 22.9 Å². The third-order valence-electron chi connectivity index (χ3n) is 2.25. The van der Waals surface area contributed by atoms with Crippen molar-refractivity contribution in [3.05, 3.63) is 54.0 Å². The van der Waals surface area contributed by atoms with Crippen LogP contribution in [0.2, 0.25) is 0 Å². The Morgan fingerprint density at radius 2 is 1.93 bits per heavy atom. The molecule has 0 bridgehead atoms. The van der Waals surface area contributed by atoms with Gasteiger partial charge in [0.05, 0.1) is 0 Å². The number of hydrogen-bond donors (Lipinski definition) is 0. The Kier molecular flexibility index (Phi) is 2.39. The predicted molar refractivity (Wildman–Crippen MR) is 56.4 cm³/mol. The maximum absolute atomic E-state index is 12.6. The standard InChI is InChI=1S/C13H7F2/c1-2-9-6-7-11-10(8-9)4-3-5-12(11)13(14)15/h1,3-8H. The summed E-state index contributed by atoms with van der Waals surface area (Å²) in [6.07, 6.45) is 3.56. The fraction of sp³-hybridized carbons (Fsp3) is 0. The maximum atomic E-state index is 12.6. The molecule has 0 saturated carbocycles. The van der Waals surface area contributed by atoms with Crippen LogP contribution in [0, 0.1) is 18.8 Å². The van der Waals surface area contributed by atoms with Gasteiger partial charge < -0.3 is 0 Å². The lowest BCUT2D eigenvalue weighted by molar-refractivity contribution is 0.326. The van der Waals surface area contributed by atoms with Gasteiger partial charge in [-0.15, -0.1) is 6.42 Å². The highest BCUT2D eigenvalue weighted by molar-refractivity contribution is 5.88. The Labute approximate surface area is 86.5 Å². The highest BCUT2D eigenvalue weighted by atomic mass is 19.3. The van der Waals surface area contributed by atoms with Crippen molar-refractivity contribution in [3.8, 4) is 12.3 Å². The molecule has 2 aromatic carbocycles. The van der Waals surface area contributed by atoms with Crippen LogP contribution in [0.15, 0.2) is 36.4 Å². The summed E-state index contributed by atoms with van der Waals surface area (Å²) < 4.78 is 25.1. The van der Waals surface area contributed by atoms with E-state index in [1.165, 1.54) is 6.07 Å². The first-order chi connectivity index (χ1) is 7.22. The lowest BCUT2D eigenvalue weighted by Gasteiger charge is -2.04. The molecular formula is C13H7F2. The van der Waals surface area contributed by atoms with E-state index >= 15 is 0 Å². The van der Waals surface area contributed by atoms with Crippen molar-refractivity contribution in [2.75, 3.05) is 0 Å². The first-order valence-electron chi connectivity index (χ1n) is 4.40. The molecule has 2 aromatic rings. The minimum atomic E-state index is -1.67. The molecule has 2 heteroatoms. The van der Waals surface area contributed by atoms with Crippen molar-refractivity contribution in [2.45, 2.75) is 0 Å². The molecule has 0 atom stereocenters. The average Bonchev–Trinajstić information content (AvgIpc) is 2.27. The molecule has 0 N–H and O–H groups in total. The van der Waals surface area contributed by atoms with Crippen molar-refractivity contribution in [3.63, 3.8) is 0 Å². The molecule has 73 valence electrons. The van der Waals surface area contributed by atoms with Gasteiger partial charge in [-0.25, -0.2) is 0 Å². The lowest BCUT2D eigenvalue weighted by atomic mass is 10.0. The smallest absolute Gasteiger partial charge is 0.194 e. The fourth-order valence-electron chi connectivity index (χ4n) is 1.54. The molecule has 0 nitrogen and oxygen atoms in total. The van der Waals surface area contributed by atoms with E-state index in [0.717, 1.165) is 5.39 Å². The van der Waals surface area contributed by atoms with E-state index in [4.69, 9.17) is 6.42 Å². The van der Waals surface area contributed by atoms with Gasteiger partial charge in [-0.3, -0.25) is 0 Å². The lowest BCUT2D eigenvalue weighted by Crippen LogP contribution is -1.87. The van der Waals surface area contributed by atoms with Crippen molar-refractivity contribution in [1.82, 2.24) is 0 Å². The Bertz CT molecular complexity index is 536. The van der Waals surface area contributed by atoms with Crippen LogP contribution >= 0.6 is 0 Å². The topological polar surface area (TPSA) is 0 Å². The molecule has 1 radical (unpaired) electrons. The number of hydrogen-bond acceptors (Lipinski definition) is 0. The molecule has 0 spiro atoms. The van der Waals surface area contributed by atoms with Crippen LogP contribution in [0.5, 0.6) is 0 Å². The van der Waals surface area contributed by atoms with Crippen LogP contribution in [0.3, 0.4) is 0 Å². The molecule has 0 aliphatic carbocycles. The second-order valence-electron chi connectivity index (χ2n) is 3.15. The normalized spacial score (nSPS) is 10.5. The average molecular weight is 201 g/mol. The van der Waals surface area contributed by atoms with Crippen LogP contribution in [0.4, 0.5) is 8.78 Å². The number of halogens is 2. The molecular weight excluding hydrogens is 194 g/mol. The fourth-order valence-corrected chi connectivity index (χ4v) is 1.54. The van der Waals surface area contributed by atoms with Gasteiger partial charge in [-0.1, -0.05) is 30.2 Å². The van der Waals surface area contributed by atoms with E-state index < -0.39 is 6.43 Å². The molecule has 15 heavy (non-hydrogen) atoms. The molecule has 0 aliphatic rings. The van der Waals surface area contributed by atoms with E-state index in [0.29, 0.717) is 10.9 Å². The van der Waals surface area contributed by atoms with Crippen LogP contribution < -0.4 is 0 Å². The number of terminal acetylenes is 1. The second-order valence-corrected chi connectivity index (χ2v) is 3.15. The molecule has 0 heterocycles. The van der Waals surface area contributed by atoms with Gasteiger partial charge in [0.2, 0.25) is 0 Å². The first kappa shape index (κ1) is 9.67. The molecule has 0 aromatic heterocycles. The Hall–Kier alpha value is -1.88. The van der Waals surface area contributed by atoms with Crippen molar-refractivity contribution in [2.24, 2.45) is 0 Å². The maximum Gasteiger partial charge on any atom is 0.340 e.